The van der Waals surface area contributed by atoms with Crippen LogP contribution in [0.2, 0.25) is 0 Å². The van der Waals surface area contributed by atoms with Crippen molar-refractivity contribution in [2.45, 2.75) is 6.42 Å². The molecule has 0 aliphatic carbocycles. The average molecular weight is 252 g/mol. The molecule has 0 radical (unpaired) electrons. The lowest BCUT2D eigenvalue weighted by Crippen LogP contribution is -2.38. The summed E-state index contributed by atoms with van der Waals surface area (Å²) >= 11 is 0. The molecule has 2 N–H and O–H groups in total. The number of amides is 2. The Kier molecular flexibility index (Phi) is 7.39. The number of carbonyl (C=O) groups excluding carboxylic acids is 1. The molecule has 0 fully saturated rings. The van der Waals surface area contributed by atoms with Crippen molar-refractivity contribution in [2.24, 2.45) is 0 Å². The number of ether oxygens (including phenoxy) is 2. The summed E-state index contributed by atoms with van der Waals surface area (Å²) in [5.74, 6) is 0.805. The van der Waals surface area contributed by atoms with Crippen molar-refractivity contribution in [3.8, 4) is 5.75 Å². The molecule has 0 aliphatic heterocycles. The van der Waals surface area contributed by atoms with Crippen LogP contribution >= 0.6 is 0 Å². The molecule has 0 saturated carbocycles. The van der Waals surface area contributed by atoms with Crippen molar-refractivity contribution in [1.82, 2.24) is 10.6 Å². The summed E-state index contributed by atoms with van der Waals surface area (Å²) in [6.07, 6.45) is 0.810. The second kappa shape index (κ2) is 9.30. The molecule has 0 bridgehead atoms. The van der Waals surface area contributed by atoms with Gasteiger partial charge in [0.15, 0.2) is 0 Å². The quantitative estimate of drug-likeness (QED) is 0.688. The van der Waals surface area contributed by atoms with E-state index in [1.165, 1.54) is 0 Å². The van der Waals surface area contributed by atoms with Gasteiger partial charge in [-0.05, 0) is 18.6 Å². The molecule has 0 aromatic heterocycles. The molecule has 0 saturated heterocycles. The van der Waals surface area contributed by atoms with E-state index in [4.69, 9.17) is 9.47 Å². The molecule has 2 amide bonds. The van der Waals surface area contributed by atoms with Crippen LogP contribution in [0.15, 0.2) is 30.3 Å². The summed E-state index contributed by atoms with van der Waals surface area (Å²) in [4.78, 5) is 11.3. The smallest absolute Gasteiger partial charge is 0.314 e. The summed E-state index contributed by atoms with van der Waals surface area (Å²) in [5, 5.41) is 5.44. The van der Waals surface area contributed by atoms with Crippen molar-refractivity contribution in [3.63, 3.8) is 0 Å². The summed E-state index contributed by atoms with van der Waals surface area (Å²) < 4.78 is 10.3. The minimum atomic E-state index is -0.178. The first-order valence-electron chi connectivity index (χ1n) is 6.01. The van der Waals surface area contributed by atoms with E-state index in [1.807, 2.05) is 30.3 Å². The van der Waals surface area contributed by atoms with Crippen molar-refractivity contribution in [3.05, 3.63) is 30.3 Å². The van der Waals surface area contributed by atoms with Gasteiger partial charge in [0.1, 0.15) is 12.4 Å². The molecule has 5 heteroatoms. The van der Waals surface area contributed by atoms with Crippen LogP contribution in [0.4, 0.5) is 4.79 Å². The minimum absolute atomic E-state index is 0.178. The number of urea groups is 1. The maximum atomic E-state index is 11.3. The molecule has 1 aromatic carbocycles. The molecule has 0 heterocycles. The van der Waals surface area contributed by atoms with E-state index in [1.54, 1.807) is 7.11 Å². The van der Waals surface area contributed by atoms with Gasteiger partial charge in [0.2, 0.25) is 0 Å². The number of methoxy groups -OCH3 is 1. The highest BCUT2D eigenvalue weighted by Gasteiger charge is 1.98. The van der Waals surface area contributed by atoms with Crippen molar-refractivity contribution < 1.29 is 14.3 Å². The fourth-order valence-electron chi connectivity index (χ4n) is 1.33. The van der Waals surface area contributed by atoms with Crippen LogP contribution in [0.1, 0.15) is 6.42 Å². The zero-order valence-corrected chi connectivity index (χ0v) is 10.6. The summed E-state index contributed by atoms with van der Waals surface area (Å²) in [5.41, 5.74) is 0. The van der Waals surface area contributed by atoms with Crippen molar-refractivity contribution in [2.75, 3.05) is 33.4 Å². The van der Waals surface area contributed by atoms with Gasteiger partial charge in [0.25, 0.3) is 0 Å². The van der Waals surface area contributed by atoms with Gasteiger partial charge < -0.3 is 20.1 Å². The Morgan fingerprint density at radius 2 is 1.83 bits per heavy atom. The fraction of sp³-hybridized carbons (Fsp3) is 0.462. The Morgan fingerprint density at radius 3 is 2.56 bits per heavy atom. The Labute approximate surface area is 107 Å². The minimum Gasteiger partial charge on any atom is -0.492 e. The normalized spacial score (nSPS) is 9.83. The number of nitrogens with one attached hydrogen (secondary N) is 2. The lowest BCUT2D eigenvalue weighted by atomic mass is 10.3. The molecular weight excluding hydrogens is 232 g/mol. The molecule has 100 valence electrons. The predicted octanol–water partition coefficient (Wildman–Crippen LogP) is 1.40. The molecule has 0 atom stereocenters. The Morgan fingerprint density at radius 1 is 1.11 bits per heavy atom. The van der Waals surface area contributed by atoms with E-state index < -0.39 is 0 Å². The van der Waals surface area contributed by atoms with Crippen LogP contribution in [0.25, 0.3) is 0 Å². The number of para-hydroxylation sites is 1. The van der Waals surface area contributed by atoms with Crippen LogP contribution in [-0.2, 0) is 4.74 Å². The van der Waals surface area contributed by atoms with Gasteiger partial charge in [-0.3, -0.25) is 0 Å². The summed E-state index contributed by atoms with van der Waals surface area (Å²) in [6.45, 7) is 2.19. The van der Waals surface area contributed by atoms with Gasteiger partial charge in [-0.2, -0.15) is 0 Å². The maximum absolute atomic E-state index is 11.3. The Balaban J connectivity index is 1.99. The lowest BCUT2D eigenvalue weighted by molar-refractivity contribution is 0.193. The Bertz CT molecular complexity index is 330. The third-order valence-electron chi connectivity index (χ3n) is 2.21. The van der Waals surface area contributed by atoms with E-state index in [0.717, 1.165) is 12.2 Å². The van der Waals surface area contributed by atoms with Crippen LogP contribution in [0, 0.1) is 0 Å². The lowest BCUT2D eigenvalue weighted by Gasteiger charge is -2.08. The molecule has 0 spiro atoms. The SMILES string of the molecule is COCCCNC(=O)NCCOc1ccccc1. The maximum Gasteiger partial charge on any atom is 0.314 e. The van der Waals surface area contributed by atoms with Gasteiger partial charge in [-0.25, -0.2) is 4.79 Å². The summed E-state index contributed by atoms with van der Waals surface area (Å²) in [6, 6.07) is 9.33. The van der Waals surface area contributed by atoms with E-state index in [2.05, 4.69) is 10.6 Å². The number of benzene rings is 1. The molecule has 0 unspecified atom stereocenters. The van der Waals surface area contributed by atoms with Crippen molar-refractivity contribution >= 4 is 6.03 Å². The molecule has 1 rings (SSSR count). The zero-order valence-electron chi connectivity index (χ0n) is 10.6. The van der Waals surface area contributed by atoms with Crippen molar-refractivity contribution in [1.29, 1.82) is 0 Å². The molecule has 1 aromatic rings. The third kappa shape index (κ3) is 6.75. The van der Waals surface area contributed by atoms with E-state index in [-0.39, 0.29) is 6.03 Å². The van der Waals surface area contributed by atoms with E-state index in [9.17, 15) is 4.79 Å². The summed E-state index contributed by atoms with van der Waals surface area (Å²) in [7, 11) is 1.64. The molecule has 0 aliphatic rings. The number of hydrogen-bond donors (Lipinski definition) is 2. The van der Waals surface area contributed by atoms with Crippen LogP contribution in [-0.4, -0.2) is 39.4 Å². The third-order valence-corrected chi connectivity index (χ3v) is 2.21. The van der Waals surface area contributed by atoms with Gasteiger partial charge in [-0.15, -0.1) is 0 Å². The number of rotatable bonds is 8. The molecular formula is C13H20N2O3. The topological polar surface area (TPSA) is 59.6 Å². The average Bonchev–Trinajstić information content (AvgIpc) is 2.41. The van der Waals surface area contributed by atoms with E-state index in [0.29, 0.717) is 26.3 Å². The van der Waals surface area contributed by atoms with Gasteiger partial charge >= 0.3 is 6.03 Å². The molecule has 18 heavy (non-hydrogen) atoms. The predicted molar refractivity (Wildman–Crippen MR) is 69.8 cm³/mol. The highest BCUT2D eigenvalue weighted by atomic mass is 16.5. The first kappa shape index (κ1) is 14.3. The second-order valence-electron chi connectivity index (χ2n) is 3.69. The second-order valence-corrected chi connectivity index (χ2v) is 3.69. The van der Waals surface area contributed by atoms with Gasteiger partial charge in [-0.1, -0.05) is 18.2 Å². The van der Waals surface area contributed by atoms with Gasteiger partial charge in [0.05, 0.1) is 6.54 Å². The molecule has 5 nitrogen and oxygen atoms in total. The highest BCUT2D eigenvalue weighted by molar-refractivity contribution is 5.73. The standard InChI is InChI=1S/C13H20N2O3/c1-17-10-5-8-14-13(16)15-9-11-18-12-6-3-2-4-7-12/h2-4,6-7H,5,8-11H2,1H3,(H2,14,15,16). The van der Waals surface area contributed by atoms with Gasteiger partial charge in [0, 0.05) is 20.3 Å². The number of hydrogen-bond acceptors (Lipinski definition) is 3. The van der Waals surface area contributed by atoms with Crippen LogP contribution in [0.5, 0.6) is 5.75 Å². The monoisotopic (exact) mass is 252 g/mol. The van der Waals surface area contributed by atoms with Crippen LogP contribution in [0.3, 0.4) is 0 Å². The first-order chi connectivity index (χ1) is 8.83. The Hall–Kier alpha value is -1.75. The fourth-order valence-corrected chi connectivity index (χ4v) is 1.33. The largest absolute Gasteiger partial charge is 0.492 e. The number of carbonyl (C=O) groups is 1. The highest BCUT2D eigenvalue weighted by Crippen LogP contribution is 2.07. The zero-order chi connectivity index (χ0) is 13.1. The van der Waals surface area contributed by atoms with Crippen LogP contribution < -0.4 is 15.4 Å². The first-order valence-corrected chi connectivity index (χ1v) is 6.01. The van der Waals surface area contributed by atoms with E-state index >= 15 is 0 Å².